The first-order valence-electron chi connectivity index (χ1n) is 4.73. The number of likely N-dealkylation sites (N-methyl/N-ethyl adjacent to an activating group) is 1. The van der Waals surface area contributed by atoms with E-state index < -0.39 is 43.0 Å². The molecule has 0 saturated carbocycles. The fourth-order valence-electron chi connectivity index (χ4n) is 1.14. The van der Waals surface area contributed by atoms with Gasteiger partial charge in [-0.05, 0) is 7.05 Å². The molecule has 0 heterocycles. The fraction of sp³-hybridized carbons (Fsp3) is 1.00. The zero-order chi connectivity index (χ0) is 15.7. The molecule has 0 amide bonds. The third kappa shape index (κ3) is 3.44. The average Bonchev–Trinajstić information content (AvgIpc) is 2.14. The fourth-order valence-corrected chi connectivity index (χ4v) is 1.14. The van der Waals surface area contributed by atoms with Crippen molar-refractivity contribution in [2.75, 3.05) is 13.6 Å². The lowest BCUT2D eigenvalue weighted by Crippen LogP contribution is -2.61. The number of hydrogen-bond acceptors (Lipinski definition) is 2. The highest BCUT2D eigenvalue weighted by atomic mass is 19.4. The monoisotopic (exact) mass is 307 g/mol. The number of nitrogens with one attached hydrogen (secondary N) is 1. The summed E-state index contributed by atoms with van der Waals surface area (Å²) in [5.41, 5.74) is 0. The Morgan fingerprint density at radius 3 is 1.63 bits per heavy atom. The number of hydrogen-bond donors (Lipinski definition) is 2. The third-order valence-electron chi connectivity index (χ3n) is 2.14. The van der Waals surface area contributed by atoms with Gasteiger partial charge < -0.3 is 10.4 Å². The molecule has 0 aliphatic rings. The van der Waals surface area contributed by atoms with Crippen molar-refractivity contribution in [3.05, 3.63) is 0 Å². The second-order valence-electron chi connectivity index (χ2n) is 3.77. The molecular formula is C8H10F9NO. The van der Waals surface area contributed by atoms with Crippen LogP contribution in [0.25, 0.3) is 0 Å². The van der Waals surface area contributed by atoms with E-state index in [2.05, 4.69) is 5.32 Å². The summed E-state index contributed by atoms with van der Waals surface area (Å²) in [5.74, 6) is -19.3. The van der Waals surface area contributed by atoms with Gasteiger partial charge in [0.2, 0.25) is 0 Å². The molecule has 0 aliphatic carbocycles. The number of aliphatic hydroxyl groups is 1. The number of rotatable bonds is 6. The van der Waals surface area contributed by atoms with Crippen molar-refractivity contribution in [3.63, 3.8) is 0 Å². The minimum Gasteiger partial charge on any atom is -0.392 e. The molecule has 11 heteroatoms. The quantitative estimate of drug-likeness (QED) is 0.739. The van der Waals surface area contributed by atoms with E-state index in [9.17, 15) is 39.5 Å². The van der Waals surface area contributed by atoms with Gasteiger partial charge in [0.25, 0.3) is 0 Å². The van der Waals surface area contributed by atoms with Crippen molar-refractivity contribution in [1.29, 1.82) is 0 Å². The lowest BCUT2D eigenvalue weighted by Gasteiger charge is -2.34. The molecule has 1 unspecified atom stereocenters. The second kappa shape index (κ2) is 5.35. The summed E-state index contributed by atoms with van der Waals surface area (Å²) in [6, 6.07) is 0. The zero-order valence-electron chi connectivity index (χ0n) is 9.34. The highest BCUT2D eigenvalue weighted by Crippen LogP contribution is 2.54. The SMILES string of the molecule is CNCC(O)CC(F)(F)C(F)(F)C(F)(F)C(F)(F)F. The van der Waals surface area contributed by atoms with Crippen LogP contribution in [0.15, 0.2) is 0 Å². The zero-order valence-corrected chi connectivity index (χ0v) is 9.34. The van der Waals surface area contributed by atoms with Crippen molar-refractivity contribution in [2.45, 2.75) is 36.5 Å². The van der Waals surface area contributed by atoms with Gasteiger partial charge in [0.05, 0.1) is 6.10 Å². The number of aliphatic hydroxyl groups excluding tert-OH is 1. The van der Waals surface area contributed by atoms with Crippen molar-refractivity contribution in [1.82, 2.24) is 5.32 Å². The molecule has 19 heavy (non-hydrogen) atoms. The van der Waals surface area contributed by atoms with Gasteiger partial charge in [0.15, 0.2) is 0 Å². The molecule has 2 N–H and O–H groups in total. The molecule has 0 aliphatic heterocycles. The van der Waals surface area contributed by atoms with Gasteiger partial charge in [-0.2, -0.15) is 39.5 Å². The minimum absolute atomic E-state index is 0.677. The smallest absolute Gasteiger partial charge is 0.392 e. The molecule has 1 atom stereocenters. The van der Waals surface area contributed by atoms with Gasteiger partial charge in [-0.1, -0.05) is 0 Å². The van der Waals surface area contributed by atoms with Crippen LogP contribution in [-0.4, -0.2) is 48.7 Å². The standard InChI is InChI=1S/C8H10F9NO/c1-18-3-4(19)2-5(9,10)6(11,12)7(13,14)8(15,16)17/h4,18-19H,2-3H2,1H3. The minimum atomic E-state index is -6.91. The lowest BCUT2D eigenvalue weighted by atomic mass is 9.98. The summed E-state index contributed by atoms with van der Waals surface area (Å²) in [6.07, 6.45) is -11.3. The molecule has 0 rings (SSSR count). The molecule has 0 aromatic heterocycles. The Kier molecular flexibility index (Phi) is 5.15. The van der Waals surface area contributed by atoms with E-state index in [4.69, 9.17) is 5.11 Å². The predicted molar refractivity (Wildman–Crippen MR) is 45.4 cm³/mol. The van der Waals surface area contributed by atoms with Gasteiger partial charge in [-0.3, -0.25) is 0 Å². The summed E-state index contributed by atoms with van der Waals surface area (Å²) in [7, 11) is 1.13. The van der Waals surface area contributed by atoms with Crippen molar-refractivity contribution < 1.29 is 44.6 Å². The molecule has 116 valence electrons. The normalized spacial score (nSPS) is 16.6. The number of alkyl halides is 9. The number of halogens is 9. The Labute approximate surface area is 101 Å². The molecule has 0 saturated heterocycles. The highest BCUT2D eigenvalue weighted by Gasteiger charge is 2.81. The van der Waals surface area contributed by atoms with E-state index in [-0.39, 0.29) is 0 Å². The Hall–Kier alpha value is -0.710. The van der Waals surface area contributed by atoms with Crippen LogP contribution in [0.5, 0.6) is 0 Å². The summed E-state index contributed by atoms with van der Waals surface area (Å²) < 4.78 is 111. The molecule has 0 fully saturated rings. The van der Waals surface area contributed by atoms with Crippen molar-refractivity contribution in [2.24, 2.45) is 0 Å². The summed E-state index contributed by atoms with van der Waals surface area (Å²) >= 11 is 0. The molecule has 0 spiro atoms. The lowest BCUT2D eigenvalue weighted by molar-refractivity contribution is -0.398. The Bertz CT molecular complexity index is 301. The van der Waals surface area contributed by atoms with Gasteiger partial charge in [-0.25, -0.2) is 0 Å². The molecule has 0 bridgehead atoms. The molecule has 0 aromatic rings. The topological polar surface area (TPSA) is 32.3 Å². The van der Waals surface area contributed by atoms with Crippen LogP contribution in [-0.2, 0) is 0 Å². The van der Waals surface area contributed by atoms with E-state index >= 15 is 0 Å². The van der Waals surface area contributed by atoms with Crippen LogP contribution < -0.4 is 5.32 Å². The van der Waals surface area contributed by atoms with Crippen molar-refractivity contribution in [3.8, 4) is 0 Å². The van der Waals surface area contributed by atoms with E-state index in [1.807, 2.05) is 0 Å². The Balaban J connectivity index is 5.27. The van der Waals surface area contributed by atoms with Gasteiger partial charge in [0, 0.05) is 13.0 Å². The predicted octanol–water partition coefficient (Wildman–Crippen LogP) is 2.43. The van der Waals surface area contributed by atoms with E-state index in [1.54, 1.807) is 0 Å². The largest absolute Gasteiger partial charge is 0.460 e. The molecular weight excluding hydrogens is 297 g/mol. The van der Waals surface area contributed by atoms with Crippen LogP contribution in [0.1, 0.15) is 6.42 Å². The molecule has 0 aromatic carbocycles. The van der Waals surface area contributed by atoms with Crippen LogP contribution >= 0.6 is 0 Å². The second-order valence-corrected chi connectivity index (χ2v) is 3.77. The highest BCUT2D eigenvalue weighted by molar-refractivity contribution is 5.01. The first-order valence-corrected chi connectivity index (χ1v) is 4.73. The maximum absolute atomic E-state index is 12.9. The maximum atomic E-state index is 12.9. The van der Waals surface area contributed by atoms with Gasteiger partial charge in [0.1, 0.15) is 0 Å². The maximum Gasteiger partial charge on any atom is 0.460 e. The van der Waals surface area contributed by atoms with Crippen LogP contribution in [0.4, 0.5) is 39.5 Å². The Morgan fingerprint density at radius 1 is 0.895 bits per heavy atom. The van der Waals surface area contributed by atoms with E-state index in [1.165, 1.54) is 0 Å². The summed E-state index contributed by atoms with van der Waals surface area (Å²) in [4.78, 5) is 0. The van der Waals surface area contributed by atoms with Gasteiger partial charge in [-0.15, -0.1) is 0 Å². The van der Waals surface area contributed by atoms with Crippen LogP contribution in [0.3, 0.4) is 0 Å². The third-order valence-corrected chi connectivity index (χ3v) is 2.14. The first kappa shape index (κ1) is 18.3. The summed E-state index contributed by atoms with van der Waals surface area (Å²) in [6.45, 7) is -0.677. The van der Waals surface area contributed by atoms with E-state index in [0.717, 1.165) is 7.05 Å². The van der Waals surface area contributed by atoms with E-state index in [0.29, 0.717) is 0 Å². The van der Waals surface area contributed by atoms with Crippen LogP contribution in [0.2, 0.25) is 0 Å². The van der Waals surface area contributed by atoms with Gasteiger partial charge >= 0.3 is 23.9 Å². The Morgan fingerprint density at radius 2 is 1.32 bits per heavy atom. The molecule has 0 radical (unpaired) electrons. The summed E-state index contributed by atoms with van der Waals surface area (Å²) in [5, 5.41) is 10.9. The first-order chi connectivity index (χ1) is 8.20. The average molecular weight is 307 g/mol. The molecule has 2 nitrogen and oxygen atoms in total. The van der Waals surface area contributed by atoms with Crippen molar-refractivity contribution >= 4 is 0 Å². The van der Waals surface area contributed by atoms with Crippen LogP contribution in [0, 0.1) is 0 Å².